The van der Waals surface area contributed by atoms with Crippen LogP contribution in [0.15, 0.2) is 30.3 Å². The van der Waals surface area contributed by atoms with Crippen molar-refractivity contribution in [3.8, 4) is 5.75 Å². The Morgan fingerprint density at radius 1 is 1.32 bits per heavy atom. The number of hydrogen-bond acceptors (Lipinski definition) is 2. The van der Waals surface area contributed by atoms with E-state index in [9.17, 15) is 5.11 Å². The summed E-state index contributed by atoms with van der Waals surface area (Å²) >= 11 is 12.3. The molecule has 4 heteroatoms. The van der Waals surface area contributed by atoms with Crippen LogP contribution < -0.4 is 4.90 Å². The highest BCUT2D eigenvalue weighted by molar-refractivity contribution is 6.45. The topological polar surface area (TPSA) is 23.5 Å². The zero-order chi connectivity index (χ0) is 13.6. The Bertz CT molecular complexity index is 627. The molecule has 1 N–H and O–H groups in total. The number of phenols is 1. The van der Waals surface area contributed by atoms with Gasteiger partial charge in [0.05, 0.1) is 0 Å². The summed E-state index contributed by atoms with van der Waals surface area (Å²) in [4.78, 5) is 1.77. The van der Waals surface area contributed by atoms with Crippen LogP contribution in [0.3, 0.4) is 0 Å². The van der Waals surface area contributed by atoms with Gasteiger partial charge in [0.2, 0.25) is 0 Å². The van der Waals surface area contributed by atoms with Crippen molar-refractivity contribution in [3.63, 3.8) is 0 Å². The van der Waals surface area contributed by atoms with Crippen LogP contribution in [-0.2, 0) is 0 Å². The number of benzene rings is 2. The second-order valence-corrected chi connectivity index (χ2v) is 6.02. The normalized spacial score (nSPS) is 18.3. The largest absolute Gasteiger partial charge is 0.507 e. The van der Waals surface area contributed by atoms with Crippen LogP contribution in [0.25, 0.3) is 10.8 Å². The van der Waals surface area contributed by atoms with E-state index < -0.39 is 4.84 Å². The van der Waals surface area contributed by atoms with Crippen molar-refractivity contribution in [3.05, 3.63) is 35.9 Å². The Balaban J connectivity index is 2.32. The third kappa shape index (κ3) is 1.94. The van der Waals surface area contributed by atoms with E-state index in [1.165, 1.54) is 0 Å². The Morgan fingerprint density at radius 3 is 2.63 bits per heavy atom. The molecule has 0 fully saturated rings. The van der Waals surface area contributed by atoms with Gasteiger partial charge in [-0.25, -0.2) is 0 Å². The van der Waals surface area contributed by atoms with Crippen molar-refractivity contribution in [2.75, 3.05) is 18.0 Å². The van der Waals surface area contributed by atoms with Crippen molar-refractivity contribution in [1.29, 1.82) is 0 Å². The quantitative estimate of drug-likeness (QED) is 0.836. The number of fused-ring (bicyclic) bond motifs is 3. The fourth-order valence-corrected chi connectivity index (χ4v) is 3.36. The van der Waals surface area contributed by atoms with Crippen LogP contribution >= 0.6 is 23.2 Å². The van der Waals surface area contributed by atoms with Gasteiger partial charge in [-0.2, -0.15) is 0 Å². The van der Waals surface area contributed by atoms with E-state index in [0.717, 1.165) is 35.1 Å². The molecule has 1 unspecified atom stereocenters. The molecule has 2 nitrogen and oxygen atoms in total. The molecule has 0 aromatic heterocycles. The minimum Gasteiger partial charge on any atom is -0.507 e. The molecule has 1 atom stereocenters. The fraction of sp³-hybridized carbons (Fsp3) is 0.333. The number of phenolic OH excluding ortho intramolecular Hbond substituents is 1. The maximum absolute atomic E-state index is 10.2. The van der Waals surface area contributed by atoms with Crippen LogP contribution in [0, 0.1) is 0 Å². The summed E-state index contributed by atoms with van der Waals surface area (Å²) in [6.45, 7) is 3.77. The van der Waals surface area contributed by atoms with Crippen LogP contribution in [-0.4, -0.2) is 23.0 Å². The molecular weight excluding hydrogens is 281 g/mol. The molecular formula is C15H15Cl2NO. The maximum Gasteiger partial charge on any atom is 0.125 e. The van der Waals surface area contributed by atoms with Crippen molar-refractivity contribution in [2.24, 2.45) is 0 Å². The lowest BCUT2D eigenvalue weighted by molar-refractivity contribution is 0.481. The standard InChI is InChI=1S/C15H15Cl2NO/c1-2-18-8-11(15(16)17)14-10-6-4-3-5-9(10)13(19)7-12(14)18/h3-7,11,15,19H,2,8H2,1H3. The van der Waals surface area contributed by atoms with Gasteiger partial charge in [0, 0.05) is 36.1 Å². The maximum atomic E-state index is 10.2. The van der Waals surface area contributed by atoms with E-state index in [1.54, 1.807) is 0 Å². The summed E-state index contributed by atoms with van der Waals surface area (Å²) in [5, 5.41) is 12.1. The number of hydrogen-bond donors (Lipinski definition) is 1. The van der Waals surface area contributed by atoms with Gasteiger partial charge in [-0.15, -0.1) is 23.2 Å². The number of alkyl halides is 2. The summed E-state index contributed by atoms with van der Waals surface area (Å²) in [5.41, 5.74) is 2.21. The van der Waals surface area contributed by atoms with E-state index in [0.29, 0.717) is 5.75 Å². The molecule has 100 valence electrons. The minimum absolute atomic E-state index is 0.0868. The first-order valence-electron chi connectivity index (χ1n) is 6.41. The van der Waals surface area contributed by atoms with Crippen LogP contribution in [0.2, 0.25) is 0 Å². The molecule has 0 bridgehead atoms. The van der Waals surface area contributed by atoms with Gasteiger partial charge in [-0.3, -0.25) is 0 Å². The van der Waals surface area contributed by atoms with E-state index in [4.69, 9.17) is 23.2 Å². The zero-order valence-corrected chi connectivity index (χ0v) is 12.1. The summed E-state index contributed by atoms with van der Waals surface area (Å²) < 4.78 is 0. The Kier molecular flexibility index (Phi) is 3.23. The molecule has 3 rings (SSSR count). The van der Waals surface area contributed by atoms with Gasteiger partial charge in [0.15, 0.2) is 0 Å². The summed E-state index contributed by atoms with van der Waals surface area (Å²) in [6, 6.07) is 9.68. The second kappa shape index (κ2) is 4.77. The first-order chi connectivity index (χ1) is 9.13. The van der Waals surface area contributed by atoms with Crippen LogP contribution in [0.5, 0.6) is 5.75 Å². The van der Waals surface area contributed by atoms with Gasteiger partial charge in [-0.1, -0.05) is 24.3 Å². The third-order valence-electron chi connectivity index (χ3n) is 3.86. The number of rotatable bonds is 2. The molecule has 2 aromatic carbocycles. The van der Waals surface area contributed by atoms with Crippen molar-refractivity contribution >= 4 is 39.7 Å². The lowest BCUT2D eigenvalue weighted by Crippen LogP contribution is -2.22. The minimum atomic E-state index is -0.441. The second-order valence-electron chi connectivity index (χ2n) is 4.85. The van der Waals surface area contributed by atoms with Crippen LogP contribution in [0.4, 0.5) is 5.69 Å². The Hall–Kier alpha value is -1.12. The molecule has 19 heavy (non-hydrogen) atoms. The molecule has 0 aliphatic carbocycles. The first-order valence-corrected chi connectivity index (χ1v) is 7.28. The number of halogens is 2. The van der Waals surface area contributed by atoms with Gasteiger partial charge in [0.1, 0.15) is 10.6 Å². The molecule has 0 radical (unpaired) electrons. The monoisotopic (exact) mass is 295 g/mol. The highest BCUT2D eigenvalue weighted by Gasteiger charge is 2.34. The number of anilines is 1. The van der Waals surface area contributed by atoms with Gasteiger partial charge >= 0.3 is 0 Å². The number of aromatic hydroxyl groups is 1. The molecule has 0 saturated heterocycles. The smallest absolute Gasteiger partial charge is 0.125 e. The van der Waals surface area contributed by atoms with E-state index in [2.05, 4.69) is 11.8 Å². The first kappa shape index (κ1) is 12.9. The van der Waals surface area contributed by atoms with E-state index in [-0.39, 0.29) is 5.92 Å². The van der Waals surface area contributed by atoms with Crippen molar-refractivity contribution in [1.82, 2.24) is 0 Å². The van der Waals surface area contributed by atoms with E-state index in [1.807, 2.05) is 30.3 Å². The molecule has 0 amide bonds. The summed E-state index contributed by atoms with van der Waals surface area (Å²) in [5.74, 6) is 0.401. The predicted molar refractivity (Wildman–Crippen MR) is 81.7 cm³/mol. The Morgan fingerprint density at radius 2 is 2.00 bits per heavy atom. The van der Waals surface area contributed by atoms with Crippen LogP contribution in [0.1, 0.15) is 18.4 Å². The third-order valence-corrected chi connectivity index (χ3v) is 4.47. The Labute approximate surface area is 122 Å². The molecule has 1 aliphatic heterocycles. The molecule has 1 aliphatic rings. The number of likely N-dealkylation sites (N-methyl/N-ethyl adjacent to an activating group) is 1. The molecule has 0 spiro atoms. The zero-order valence-electron chi connectivity index (χ0n) is 10.6. The number of nitrogens with zero attached hydrogens (tertiary/aromatic N) is 1. The lowest BCUT2D eigenvalue weighted by atomic mass is 9.95. The highest BCUT2D eigenvalue weighted by Crippen LogP contribution is 2.47. The predicted octanol–water partition coefficient (Wildman–Crippen LogP) is 4.27. The van der Waals surface area contributed by atoms with Crippen molar-refractivity contribution < 1.29 is 5.11 Å². The fourth-order valence-electron chi connectivity index (χ4n) is 2.95. The van der Waals surface area contributed by atoms with Crippen molar-refractivity contribution in [2.45, 2.75) is 17.7 Å². The highest BCUT2D eigenvalue weighted by atomic mass is 35.5. The average molecular weight is 296 g/mol. The summed E-state index contributed by atoms with van der Waals surface area (Å²) in [7, 11) is 0. The van der Waals surface area contributed by atoms with Gasteiger partial charge in [-0.05, 0) is 17.9 Å². The lowest BCUT2D eigenvalue weighted by Gasteiger charge is -2.17. The summed E-state index contributed by atoms with van der Waals surface area (Å²) in [6.07, 6.45) is 0. The average Bonchev–Trinajstić information content (AvgIpc) is 2.78. The van der Waals surface area contributed by atoms with Gasteiger partial charge in [0.25, 0.3) is 0 Å². The SMILES string of the molecule is CCN1CC(C(Cl)Cl)c2c1cc(O)c1ccccc21. The van der Waals surface area contributed by atoms with Gasteiger partial charge < -0.3 is 10.0 Å². The molecule has 0 saturated carbocycles. The van der Waals surface area contributed by atoms with E-state index >= 15 is 0 Å². The molecule has 1 heterocycles. The molecule has 2 aromatic rings.